The fourth-order valence-corrected chi connectivity index (χ4v) is 2.76. The predicted octanol–water partition coefficient (Wildman–Crippen LogP) is 4.54. The van der Waals surface area contributed by atoms with Gasteiger partial charge in [0.15, 0.2) is 0 Å². The number of benzene rings is 2. The number of rotatable bonds is 6. The molecule has 0 spiro atoms. The van der Waals surface area contributed by atoms with Crippen molar-refractivity contribution in [3.63, 3.8) is 0 Å². The van der Waals surface area contributed by atoms with Crippen molar-refractivity contribution in [2.75, 3.05) is 7.11 Å². The summed E-state index contributed by atoms with van der Waals surface area (Å²) in [5.74, 6) is 0.198. The van der Waals surface area contributed by atoms with E-state index in [0.29, 0.717) is 0 Å². The molecule has 1 atom stereocenters. The van der Waals surface area contributed by atoms with Crippen LogP contribution in [0.25, 0.3) is 0 Å². The van der Waals surface area contributed by atoms with E-state index in [4.69, 9.17) is 16.3 Å². The molecule has 2 aromatic carbocycles. The Kier molecular flexibility index (Phi) is 6.21. The number of carbonyl (C=O) groups excluding carboxylic acids is 1. The molecule has 0 bridgehead atoms. The van der Waals surface area contributed by atoms with E-state index in [1.165, 1.54) is 12.1 Å². The van der Waals surface area contributed by atoms with Crippen LogP contribution in [0, 0.1) is 11.7 Å². The highest BCUT2D eigenvalue weighted by Crippen LogP contribution is 2.25. The Morgan fingerprint density at radius 3 is 2.42 bits per heavy atom. The summed E-state index contributed by atoms with van der Waals surface area (Å²) < 4.78 is 19.0. The Labute approximate surface area is 146 Å². The Hall–Kier alpha value is -2.07. The second-order valence-electron chi connectivity index (χ2n) is 5.94. The molecule has 0 aliphatic carbocycles. The number of amides is 1. The van der Waals surface area contributed by atoms with E-state index in [1.807, 2.05) is 38.1 Å². The maximum Gasteiger partial charge on any atom is 0.225 e. The molecule has 0 aliphatic heterocycles. The van der Waals surface area contributed by atoms with Crippen LogP contribution in [0.5, 0.6) is 5.75 Å². The Balaban J connectivity index is 2.13. The number of carbonyl (C=O) groups is 1. The van der Waals surface area contributed by atoms with E-state index in [1.54, 1.807) is 13.2 Å². The summed E-state index contributed by atoms with van der Waals surface area (Å²) in [5, 5.41) is 3.23. The number of nitrogens with one attached hydrogen (secondary N) is 1. The third-order valence-corrected chi connectivity index (χ3v) is 4.21. The van der Waals surface area contributed by atoms with Crippen LogP contribution in [0.3, 0.4) is 0 Å². The SMILES string of the molecule is COc1ccc(C(NC(=O)Cc2c(F)cccc2Cl)C(C)C)cc1. The molecule has 2 aromatic rings. The minimum atomic E-state index is -0.469. The van der Waals surface area contributed by atoms with E-state index in [0.717, 1.165) is 11.3 Å². The standard InChI is InChI=1S/C19H21ClFNO2/c1-12(2)19(13-7-9-14(24-3)10-8-13)22-18(23)11-15-16(20)5-4-6-17(15)21/h4-10,12,19H,11H2,1-3H3,(H,22,23). The van der Waals surface area contributed by atoms with Gasteiger partial charge in [0.1, 0.15) is 11.6 Å². The molecule has 24 heavy (non-hydrogen) atoms. The number of methoxy groups -OCH3 is 1. The van der Waals surface area contributed by atoms with Gasteiger partial charge in [-0.1, -0.05) is 43.6 Å². The molecule has 0 aromatic heterocycles. The van der Waals surface area contributed by atoms with Crippen LogP contribution in [-0.2, 0) is 11.2 Å². The molecule has 0 saturated carbocycles. The van der Waals surface area contributed by atoms with Crippen LogP contribution in [0.1, 0.15) is 31.0 Å². The van der Waals surface area contributed by atoms with Gasteiger partial charge < -0.3 is 10.1 Å². The molecule has 128 valence electrons. The van der Waals surface area contributed by atoms with E-state index >= 15 is 0 Å². The van der Waals surface area contributed by atoms with Crippen LogP contribution >= 0.6 is 11.6 Å². The summed E-state index contributed by atoms with van der Waals surface area (Å²) in [6.45, 7) is 4.04. The topological polar surface area (TPSA) is 38.3 Å². The number of halogens is 2. The predicted molar refractivity (Wildman–Crippen MR) is 93.8 cm³/mol. The molecule has 0 saturated heterocycles. The van der Waals surface area contributed by atoms with Gasteiger partial charge in [0, 0.05) is 10.6 Å². The quantitative estimate of drug-likeness (QED) is 0.831. The van der Waals surface area contributed by atoms with Crippen molar-refractivity contribution in [1.29, 1.82) is 0 Å². The smallest absolute Gasteiger partial charge is 0.225 e. The monoisotopic (exact) mass is 349 g/mol. The molecule has 0 fully saturated rings. The number of hydrogen-bond acceptors (Lipinski definition) is 2. The highest BCUT2D eigenvalue weighted by atomic mass is 35.5. The molecule has 1 N–H and O–H groups in total. The first kappa shape index (κ1) is 18.3. The fraction of sp³-hybridized carbons (Fsp3) is 0.316. The largest absolute Gasteiger partial charge is 0.497 e. The lowest BCUT2D eigenvalue weighted by molar-refractivity contribution is -0.121. The van der Waals surface area contributed by atoms with E-state index in [9.17, 15) is 9.18 Å². The third kappa shape index (κ3) is 4.48. The molecule has 3 nitrogen and oxygen atoms in total. The van der Waals surface area contributed by atoms with Crippen LogP contribution < -0.4 is 10.1 Å². The highest BCUT2D eigenvalue weighted by molar-refractivity contribution is 6.31. The Morgan fingerprint density at radius 2 is 1.88 bits per heavy atom. The number of hydrogen-bond donors (Lipinski definition) is 1. The van der Waals surface area contributed by atoms with E-state index in [-0.39, 0.29) is 34.9 Å². The molecule has 1 unspecified atom stereocenters. The minimum Gasteiger partial charge on any atom is -0.497 e. The minimum absolute atomic E-state index is 0.0924. The van der Waals surface area contributed by atoms with Crippen molar-refractivity contribution < 1.29 is 13.9 Å². The van der Waals surface area contributed by atoms with Crippen LogP contribution in [0.15, 0.2) is 42.5 Å². The summed E-state index contributed by atoms with van der Waals surface area (Å²) in [4.78, 5) is 12.4. The molecule has 2 rings (SSSR count). The Morgan fingerprint density at radius 1 is 1.21 bits per heavy atom. The van der Waals surface area contributed by atoms with Crippen molar-refractivity contribution in [3.05, 3.63) is 64.4 Å². The normalized spacial score (nSPS) is 12.1. The van der Waals surface area contributed by atoms with Gasteiger partial charge in [-0.15, -0.1) is 0 Å². The van der Waals surface area contributed by atoms with Gasteiger partial charge in [-0.3, -0.25) is 4.79 Å². The van der Waals surface area contributed by atoms with Crippen LogP contribution in [0.2, 0.25) is 5.02 Å². The van der Waals surface area contributed by atoms with E-state index < -0.39 is 5.82 Å². The summed E-state index contributed by atoms with van der Waals surface area (Å²) >= 11 is 5.99. The van der Waals surface area contributed by atoms with Gasteiger partial charge in [-0.25, -0.2) is 4.39 Å². The van der Waals surface area contributed by atoms with Crippen molar-refractivity contribution >= 4 is 17.5 Å². The third-order valence-electron chi connectivity index (χ3n) is 3.86. The zero-order valence-electron chi connectivity index (χ0n) is 14.0. The van der Waals surface area contributed by atoms with Crippen molar-refractivity contribution in [2.24, 2.45) is 5.92 Å². The molecule has 0 radical (unpaired) electrons. The first-order valence-electron chi connectivity index (χ1n) is 7.78. The van der Waals surface area contributed by atoms with Gasteiger partial charge >= 0.3 is 0 Å². The first-order chi connectivity index (χ1) is 11.4. The van der Waals surface area contributed by atoms with Crippen molar-refractivity contribution in [3.8, 4) is 5.75 Å². The van der Waals surface area contributed by atoms with Gasteiger partial charge in [-0.05, 0) is 35.7 Å². The van der Waals surface area contributed by atoms with E-state index in [2.05, 4.69) is 5.32 Å². The molecular weight excluding hydrogens is 329 g/mol. The second-order valence-corrected chi connectivity index (χ2v) is 6.35. The maximum atomic E-state index is 13.8. The van der Waals surface area contributed by atoms with Crippen molar-refractivity contribution in [2.45, 2.75) is 26.3 Å². The molecular formula is C19H21ClFNO2. The average molecular weight is 350 g/mol. The zero-order chi connectivity index (χ0) is 17.7. The molecule has 1 amide bonds. The fourth-order valence-electron chi connectivity index (χ4n) is 2.53. The lowest BCUT2D eigenvalue weighted by Gasteiger charge is -2.23. The molecule has 0 heterocycles. The van der Waals surface area contributed by atoms with Crippen LogP contribution in [0.4, 0.5) is 4.39 Å². The highest BCUT2D eigenvalue weighted by Gasteiger charge is 2.20. The summed E-state index contributed by atoms with van der Waals surface area (Å²) in [7, 11) is 1.61. The van der Waals surface area contributed by atoms with Crippen LogP contribution in [-0.4, -0.2) is 13.0 Å². The maximum absolute atomic E-state index is 13.8. The summed E-state index contributed by atoms with van der Waals surface area (Å²) in [5.41, 5.74) is 1.19. The lowest BCUT2D eigenvalue weighted by Crippen LogP contribution is -2.33. The van der Waals surface area contributed by atoms with Gasteiger partial charge in [0.05, 0.1) is 19.6 Å². The van der Waals surface area contributed by atoms with Crippen molar-refractivity contribution in [1.82, 2.24) is 5.32 Å². The molecule has 0 aliphatic rings. The van der Waals surface area contributed by atoms with Gasteiger partial charge in [0.2, 0.25) is 5.91 Å². The summed E-state index contributed by atoms with van der Waals surface area (Å²) in [6.07, 6.45) is -0.0924. The number of ether oxygens (including phenoxy) is 1. The second kappa shape index (κ2) is 8.15. The first-order valence-corrected chi connectivity index (χ1v) is 8.16. The van der Waals surface area contributed by atoms with Gasteiger partial charge in [-0.2, -0.15) is 0 Å². The Bertz CT molecular complexity index is 681. The average Bonchev–Trinajstić information content (AvgIpc) is 2.56. The van der Waals surface area contributed by atoms with Gasteiger partial charge in [0.25, 0.3) is 0 Å². The molecule has 5 heteroatoms. The lowest BCUT2D eigenvalue weighted by atomic mass is 9.95. The zero-order valence-corrected chi connectivity index (χ0v) is 14.7. The summed E-state index contributed by atoms with van der Waals surface area (Å²) in [6, 6.07) is 11.8.